The highest BCUT2D eigenvalue weighted by molar-refractivity contribution is 5.95. The Morgan fingerprint density at radius 3 is 2.27 bits per heavy atom. The summed E-state index contributed by atoms with van der Waals surface area (Å²) in [5.41, 5.74) is -1.28. The molecule has 3 aromatic carbocycles. The SMILES string of the molecule is C[C@H]1CCC(C(OCCCCCCC(=O)N2CCN(C(=O)c3cc(Cc4n[nH]c(=O)c5ccccc45)ccc3F)CC2)C(F)(F)F)N1c1ccc2[nH]c(=O)cc(C(F)(F)F)c2c1. The number of benzene rings is 3. The van der Waals surface area contributed by atoms with Crippen molar-refractivity contribution in [2.24, 2.45) is 0 Å². The van der Waals surface area contributed by atoms with Gasteiger partial charge in [-0.05, 0) is 74.6 Å². The number of halogens is 7. The molecule has 0 radical (unpaired) electrons. The van der Waals surface area contributed by atoms with Crippen molar-refractivity contribution >= 4 is 39.2 Å². The molecule has 0 spiro atoms. The molecule has 18 heteroatoms. The molecule has 2 amide bonds. The number of rotatable bonds is 13. The molecule has 4 heterocycles. The van der Waals surface area contributed by atoms with Crippen LogP contribution in [0.3, 0.4) is 0 Å². The molecule has 0 bridgehead atoms. The molecular formula is C44H45F7N6O5. The van der Waals surface area contributed by atoms with Crippen LogP contribution in [0.15, 0.2) is 76.3 Å². The zero-order chi connectivity index (χ0) is 44.3. The number of amides is 2. The van der Waals surface area contributed by atoms with Crippen molar-refractivity contribution in [2.45, 2.75) is 88.8 Å². The number of nitrogens with zero attached hydrogens (tertiary/aromatic N) is 4. The molecule has 2 unspecified atom stereocenters. The van der Waals surface area contributed by atoms with Crippen LogP contribution in [-0.4, -0.2) is 93.9 Å². The van der Waals surface area contributed by atoms with Crippen molar-refractivity contribution in [3.8, 4) is 0 Å². The minimum absolute atomic E-state index is 0.0815. The van der Waals surface area contributed by atoms with Gasteiger partial charge in [-0.25, -0.2) is 9.49 Å². The standard InChI is InChI=1S/C44H45F7N6O5/c1-26-11-16-37(57(26)28-13-15-35-31(24-28)33(43(46,47)48)25-38(58)52-35)40(44(49,50)51)62-21-7-3-2-4-10-39(59)55-17-19-56(20-18-55)42(61)32-22-27(12-14-34(32)45)23-36-29-8-5-6-9-30(29)41(60)54-53-36/h5-6,8-9,12-15,22,24-26,37,40H,2-4,7,10-11,16-21,23H2,1H3,(H,52,58)(H,54,60)/t26-,37?,40?/m0/s1. The summed E-state index contributed by atoms with van der Waals surface area (Å²) in [5.74, 6) is -1.32. The number of H-pyrrole nitrogens is 2. The first kappa shape index (κ1) is 44.3. The average Bonchev–Trinajstić information content (AvgIpc) is 3.62. The van der Waals surface area contributed by atoms with Gasteiger partial charge in [-0.1, -0.05) is 37.1 Å². The third-order valence-corrected chi connectivity index (χ3v) is 11.7. The van der Waals surface area contributed by atoms with E-state index < -0.39 is 53.4 Å². The number of hydrogen-bond donors (Lipinski definition) is 2. The van der Waals surface area contributed by atoms with Crippen molar-refractivity contribution in [3.63, 3.8) is 0 Å². The minimum Gasteiger partial charge on any atom is -0.367 e. The first-order chi connectivity index (χ1) is 29.5. The zero-order valence-electron chi connectivity index (χ0n) is 33.8. The van der Waals surface area contributed by atoms with E-state index in [-0.39, 0.29) is 92.1 Å². The Labute approximate surface area is 350 Å². The maximum Gasteiger partial charge on any atom is 0.417 e. The molecule has 7 rings (SSSR count). The highest BCUT2D eigenvalue weighted by Gasteiger charge is 2.50. The maximum absolute atomic E-state index is 15.0. The van der Waals surface area contributed by atoms with Crippen LogP contribution in [0.5, 0.6) is 0 Å². The number of ether oxygens (including phenoxy) is 1. The lowest BCUT2D eigenvalue weighted by atomic mass is 10.0. The van der Waals surface area contributed by atoms with Gasteiger partial charge in [0, 0.05) is 79.7 Å². The summed E-state index contributed by atoms with van der Waals surface area (Å²) in [7, 11) is 0. The zero-order valence-corrected chi connectivity index (χ0v) is 33.8. The van der Waals surface area contributed by atoms with Crippen molar-refractivity contribution in [1.82, 2.24) is 25.0 Å². The van der Waals surface area contributed by atoms with Crippen LogP contribution in [0.2, 0.25) is 0 Å². The number of fused-ring (bicyclic) bond motifs is 2. The Kier molecular flexibility index (Phi) is 13.1. The number of anilines is 1. The van der Waals surface area contributed by atoms with Crippen molar-refractivity contribution in [3.05, 3.63) is 116 Å². The van der Waals surface area contributed by atoms with Crippen LogP contribution in [0, 0.1) is 5.82 Å². The quantitative estimate of drug-likeness (QED) is 0.0914. The van der Waals surface area contributed by atoms with E-state index >= 15 is 0 Å². The van der Waals surface area contributed by atoms with Crippen LogP contribution in [0.4, 0.5) is 36.4 Å². The van der Waals surface area contributed by atoms with Gasteiger partial charge in [-0.15, -0.1) is 0 Å². The fraction of sp³-hybridized carbons (Fsp3) is 0.432. The second-order valence-electron chi connectivity index (χ2n) is 15.9. The predicted molar refractivity (Wildman–Crippen MR) is 217 cm³/mol. The monoisotopic (exact) mass is 870 g/mol. The fourth-order valence-corrected chi connectivity index (χ4v) is 8.60. The number of aromatic nitrogens is 3. The smallest absolute Gasteiger partial charge is 0.367 e. The largest absolute Gasteiger partial charge is 0.417 e. The van der Waals surface area contributed by atoms with E-state index in [9.17, 15) is 49.9 Å². The molecule has 330 valence electrons. The number of carbonyl (C=O) groups is 2. The Balaban J connectivity index is 0.867. The Bertz CT molecular complexity index is 2550. The second-order valence-corrected chi connectivity index (χ2v) is 15.9. The van der Waals surface area contributed by atoms with Crippen LogP contribution in [0.25, 0.3) is 21.7 Å². The highest BCUT2D eigenvalue weighted by Crippen LogP contribution is 2.41. The second kappa shape index (κ2) is 18.3. The number of carbonyl (C=O) groups excluding carboxylic acids is 2. The molecule has 2 saturated heterocycles. The summed E-state index contributed by atoms with van der Waals surface area (Å²) < 4.78 is 105. The third-order valence-electron chi connectivity index (χ3n) is 11.7. The predicted octanol–water partition coefficient (Wildman–Crippen LogP) is 7.75. The van der Waals surface area contributed by atoms with E-state index in [2.05, 4.69) is 15.2 Å². The van der Waals surface area contributed by atoms with E-state index in [1.165, 1.54) is 34.1 Å². The number of alkyl halides is 6. The Morgan fingerprint density at radius 1 is 0.839 bits per heavy atom. The highest BCUT2D eigenvalue weighted by atomic mass is 19.4. The molecule has 2 fully saturated rings. The van der Waals surface area contributed by atoms with Gasteiger partial charge in [0.15, 0.2) is 6.10 Å². The van der Waals surface area contributed by atoms with Crippen molar-refractivity contribution in [2.75, 3.05) is 37.7 Å². The van der Waals surface area contributed by atoms with E-state index in [4.69, 9.17) is 4.74 Å². The molecule has 2 N–H and O–H groups in total. The molecule has 2 aliphatic heterocycles. The number of nitrogens with one attached hydrogen (secondary N) is 2. The summed E-state index contributed by atoms with van der Waals surface area (Å²) in [6.07, 6.45) is -9.08. The van der Waals surface area contributed by atoms with Gasteiger partial charge in [-0.3, -0.25) is 19.2 Å². The van der Waals surface area contributed by atoms with Gasteiger partial charge in [0.05, 0.1) is 28.2 Å². The molecule has 2 aliphatic rings. The summed E-state index contributed by atoms with van der Waals surface area (Å²) >= 11 is 0. The number of hydrogen-bond acceptors (Lipinski definition) is 7. The van der Waals surface area contributed by atoms with Crippen LogP contribution in [-0.2, 0) is 22.1 Å². The summed E-state index contributed by atoms with van der Waals surface area (Å²) in [6, 6.07) is 13.9. The average molecular weight is 871 g/mol. The van der Waals surface area contributed by atoms with Gasteiger partial charge in [0.1, 0.15) is 5.82 Å². The van der Waals surface area contributed by atoms with E-state index in [0.717, 1.165) is 6.07 Å². The minimum atomic E-state index is -4.85. The van der Waals surface area contributed by atoms with E-state index in [0.29, 0.717) is 53.8 Å². The lowest BCUT2D eigenvalue weighted by Crippen LogP contribution is -2.50. The van der Waals surface area contributed by atoms with Gasteiger partial charge in [0.2, 0.25) is 11.5 Å². The summed E-state index contributed by atoms with van der Waals surface area (Å²) in [4.78, 5) is 57.4. The van der Waals surface area contributed by atoms with Gasteiger partial charge in [-0.2, -0.15) is 31.4 Å². The Hall–Kier alpha value is -5.78. The van der Waals surface area contributed by atoms with Crippen molar-refractivity contribution in [1.29, 1.82) is 0 Å². The van der Waals surface area contributed by atoms with Gasteiger partial charge < -0.3 is 24.4 Å². The number of unbranched alkanes of at least 4 members (excludes halogenated alkanes) is 3. The molecule has 5 aromatic rings. The van der Waals surface area contributed by atoms with Crippen LogP contribution >= 0.6 is 0 Å². The number of piperazine rings is 1. The molecule has 62 heavy (non-hydrogen) atoms. The molecule has 0 saturated carbocycles. The normalized spacial score (nSPS) is 17.9. The fourth-order valence-electron chi connectivity index (χ4n) is 8.60. The van der Waals surface area contributed by atoms with E-state index in [1.54, 1.807) is 42.2 Å². The van der Waals surface area contributed by atoms with Crippen LogP contribution in [0.1, 0.15) is 79.0 Å². The first-order valence-electron chi connectivity index (χ1n) is 20.5. The summed E-state index contributed by atoms with van der Waals surface area (Å²) in [6.45, 7) is 2.40. The third kappa shape index (κ3) is 9.79. The molecular weight excluding hydrogens is 826 g/mol. The first-order valence-corrected chi connectivity index (χ1v) is 20.5. The molecule has 11 nitrogen and oxygen atoms in total. The maximum atomic E-state index is 15.0. The topological polar surface area (TPSA) is 132 Å². The lowest BCUT2D eigenvalue weighted by Gasteiger charge is -2.36. The number of aromatic amines is 2. The lowest BCUT2D eigenvalue weighted by molar-refractivity contribution is -0.226. The van der Waals surface area contributed by atoms with E-state index in [1.807, 2.05) is 0 Å². The van der Waals surface area contributed by atoms with Crippen LogP contribution < -0.4 is 16.0 Å². The molecule has 0 aliphatic carbocycles. The molecule has 3 atom stereocenters. The summed E-state index contributed by atoms with van der Waals surface area (Å²) in [5, 5.41) is 7.44. The van der Waals surface area contributed by atoms with Gasteiger partial charge >= 0.3 is 12.4 Å². The van der Waals surface area contributed by atoms with Crippen molar-refractivity contribution < 1.29 is 45.1 Å². The molecule has 2 aromatic heterocycles. The number of pyridine rings is 1. The Morgan fingerprint density at radius 2 is 1.55 bits per heavy atom. The van der Waals surface area contributed by atoms with Gasteiger partial charge in [0.25, 0.3) is 11.5 Å².